The van der Waals surface area contributed by atoms with Gasteiger partial charge < -0.3 is 28.9 Å². The SMILES string of the molecule is CCCCCCCCCCCCOc1cc2c(cc1OCCCCCCCCCCCC)-c1nc-2nc2[nH]c(nc3nc(nc4[nH]c(n1)c1c(-c5ccccc5)c(-c5ccccc5)c(-c5ccccc5)c(-c5ccccc5)c41)-c1cc(OCCCCCCCCCCCC)c(OCCCCCCCCCCCC)cc1-3)c1c(-c3ccccc3)c(-c3ccccc3)c(-c3ccccc3)c(-c3ccccc3)c21.[Zn+2]. The Morgan fingerprint density at radius 1 is 0.177 bits per heavy atom. The van der Waals surface area contributed by atoms with Crippen LogP contribution in [0.15, 0.2) is 267 Å². The molecule has 5 heterocycles. The first-order chi connectivity index (χ1) is 69.5. The molecule has 0 amide bonds. The van der Waals surface area contributed by atoms with Gasteiger partial charge in [0.05, 0.1) is 26.4 Å². The molecule has 0 saturated carbocycles. The zero-order valence-corrected chi connectivity index (χ0v) is 87.5. The van der Waals surface area contributed by atoms with E-state index in [1.54, 1.807) is 0 Å². The molecule has 13 heteroatoms. The number of hydrogen-bond donors (Lipinski definition) is 2. The van der Waals surface area contributed by atoms with Crippen LogP contribution in [0.2, 0.25) is 0 Å². The van der Waals surface area contributed by atoms with Gasteiger partial charge in [0.1, 0.15) is 22.6 Å². The molecule has 8 bridgehead atoms. The number of aromatic nitrogens is 8. The Bertz CT molecular complexity index is 5830. The van der Waals surface area contributed by atoms with Gasteiger partial charge in [0.25, 0.3) is 0 Å². The molecule has 0 fully saturated rings. The van der Waals surface area contributed by atoms with Gasteiger partial charge in [-0.3, -0.25) is 0 Å². The van der Waals surface area contributed by atoms with E-state index in [0.29, 0.717) is 95.3 Å². The zero-order valence-electron chi connectivity index (χ0n) is 84.5. The van der Waals surface area contributed by atoms with E-state index in [4.69, 9.17) is 48.9 Å². The Morgan fingerprint density at radius 2 is 0.326 bits per heavy atom. The fourth-order valence-electron chi connectivity index (χ4n) is 21.0. The van der Waals surface area contributed by atoms with Crippen LogP contribution in [0, 0.1) is 0 Å². The zero-order chi connectivity index (χ0) is 95.5. The van der Waals surface area contributed by atoms with Crippen molar-refractivity contribution < 1.29 is 38.4 Å². The quantitative estimate of drug-likeness (QED) is 0.0279. The van der Waals surface area contributed by atoms with Crippen LogP contribution in [0.25, 0.3) is 179 Å². The summed E-state index contributed by atoms with van der Waals surface area (Å²) >= 11 is 0. The number of H-pyrrole nitrogens is 2. The van der Waals surface area contributed by atoms with Crippen LogP contribution < -0.4 is 18.9 Å². The number of nitrogens with zero attached hydrogens (tertiary/aromatic N) is 6. The van der Waals surface area contributed by atoms with Gasteiger partial charge in [0.15, 0.2) is 46.3 Å². The van der Waals surface area contributed by atoms with Crippen molar-refractivity contribution in [1.82, 2.24) is 39.9 Å². The van der Waals surface area contributed by atoms with E-state index in [2.05, 4.69) is 305 Å². The molecule has 0 spiro atoms. The third-order valence-electron chi connectivity index (χ3n) is 28.4. The summed E-state index contributed by atoms with van der Waals surface area (Å²) in [6.45, 7) is 11.3. The standard InChI is InChI=1S/C128H146N8O4.Zn/c1-5-9-13-17-21-25-29-33-37-65-85-137-105-89-101-102(90-106(105)138-86-66-38-34-30-26-22-18-14-10-6-2)122-129-121(101)131-125-117-113(97-77-57-45-58-78-97)109(93-69-49-41-50-70-93)110(94-71-51-42-52-72-94)114(98-79-59-46-60-80-98)118(117)127(135-125)133-123-103-91-107(139-87-67-39-35-31-27-23-19-15-11-7-3)108(140-88-68-40-36-32-28-24-20-16-12-8-4)92-104(103)124(130-123)134-128-120-116(100-83-63-48-64-84-100)112(96-75-55-44-56-76-96)111(95-73-53-43-54-74-95)115(99-81-61-47-62-82-99)119(120)126(132-122)136-128;/h41-64,69-84,89-92H,5-40,65-68,85-88H2,1-4H3,(H2,129,130,131,132,133,134,135,136);/q;+2. The number of unbranched alkanes of at least 4 members (excludes halogenated alkanes) is 36. The van der Waals surface area contributed by atoms with Crippen molar-refractivity contribution in [2.75, 3.05) is 26.4 Å². The second kappa shape index (κ2) is 53.6. The van der Waals surface area contributed by atoms with Gasteiger partial charge in [-0.1, -0.05) is 501 Å². The molecule has 722 valence electrons. The van der Waals surface area contributed by atoms with Crippen LogP contribution in [0.5, 0.6) is 23.0 Å². The molecule has 2 aliphatic heterocycles. The molecule has 2 aliphatic rings. The Balaban J connectivity index is 0.0000143. The molecule has 141 heavy (non-hydrogen) atoms. The smallest absolute Gasteiger partial charge is 0.490 e. The first kappa shape index (κ1) is 102. The normalized spacial score (nSPS) is 11.6. The van der Waals surface area contributed by atoms with Gasteiger partial charge in [-0.15, -0.1) is 0 Å². The summed E-state index contributed by atoms with van der Waals surface area (Å²) in [7, 11) is 0. The fraction of sp³-hybridized carbons (Fsp3) is 0.375. The van der Waals surface area contributed by atoms with Crippen molar-refractivity contribution in [3.63, 3.8) is 0 Å². The van der Waals surface area contributed by atoms with E-state index in [9.17, 15) is 0 Å². The van der Waals surface area contributed by atoms with Crippen LogP contribution in [0.1, 0.15) is 285 Å². The minimum absolute atomic E-state index is 0. The molecule has 0 atom stereocenters. The second-order valence-electron chi connectivity index (χ2n) is 38.8. The van der Waals surface area contributed by atoms with Crippen molar-refractivity contribution in [2.45, 2.75) is 285 Å². The van der Waals surface area contributed by atoms with Crippen molar-refractivity contribution in [2.24, 2.45) is 0 Å². The van der Waals surface area contributed by atoms with E-state index in [0.717, 1.165) is 210 Å². The Hall–Kier alpha value is -12.2. The first-order valence-corrected chi connectivity index (χ1v) is 54.1. The molecule has 3 aromatic heterocycles. The van der Waals surface area contributed by atoms with Crippen molar-refractivity contribution in [3.05, 3.63) is 267 Å². The van der Waals surface area contributed by atoms with E-state index in [-0.39, 0.29) is 19.5 Å². The molecule has 0 aliphatic carbocycles. The third-order valence-corrected chi connectivity index (χ3v) is 28.4. The average Bonchev–Trinajstić information content (AvgIpc) is 1.56. The van der Waals surface area contributed by atoms with E-state index in [1.807, 2.05) is 0 Å². The van der Waals surface area contributed by atoms with Gasteiger partial charge in [0.2, 0.25) is 0 Å². The van der Waals surface area contributed by atoms with Crippen LogP contribution in [0.4, 0.5) is 0 Å². The Morgan fingerprint density at radius 3 is 0.489 bits per heavy atom. The fourth-order valence-corrected chi connectivity index (χ4v) is 21.0. The Kier molecular flexibility index (Phi) is 38.7. The topological polar surface area (TPSA) is 146 Å². The van der Waals surface area contributed by atoms with E-state index in [1.165, 1.54) is 180 Å². The molecule has 17 rings (SSSR count). The second-order valence-corrected chi connectivity index (χ2v) is 38.8. The van der Waals surface area contributed by atoms with Gasteiger partial charge in [-0.05, 0) is 117 Å². The van der Waals surface area contributed by atoms with Gasteiger partial charge in [0, 0.05) is 66.1 Å². The maximum atomic E-state index is 7.26. The van der Waals surface area contributed by atoms with Gasteiger partial charge >= 0.3 is 19.5 Å². The number of rotatable bonds is 56. The first-order valence-electron chi connectivity index (χ1n) is 54.1. The molecule has 12 aromatic carbocycles. The summed E-state index contributed by atoms with van der Waals surface area (Å²) in [5.74, 6) is 4.38. The number of ether oxygens (including phenoxy) is 4. The van der Waals surface area contributed by atoms with Gasteiger partial charge in [-0.2, -0.15) is 0 Å². The minimum Gasteiger partial charge on any atom is -0.490 e. The molecule has 2 N–H and O–H groups in total. The predicted octanol–water partition coefficient (Wildman–Crippen LogP) is 37.4. The number of hydrogen-bond acceptors (Lipinski definition) is 10. The predicted molar refractivity (Wildman–Crippen MR) is 589 cm³/mol. The number of nitrogens with one attached hydrogen (secondary N) is 2. The van der Waals surface area contributed by atoms with Crippen molar-refractivity contribution >= 4 is 44.1 Å². The molecular weight excluding hydrogens is 1780 g/mol. The summed E-state index contributed by atoms with van der Waals surface area (Å²) in [4.78, 5) is 45.0. The summed E-state index contributed by atoms with van der Waals surface area (Å²) in [6, 6.07) is 95.9. The van der Waals surface area contributed by atoms with Crippen molar-refractivity contribution in [1.29, 1.82) is 0 Å². The molecule has 0 unspecified atom stereocenters. The third kappa shape index (κ3) is 25.8. The number of fused-ring (bicyclic) bond motifs is 20. The molecule has 12 nitrogen and oxygen atoms in total. The number of benzene rings is 12. The van der Waals surface area contributed by atoms with Gasteiger partial charge in [-0.25, -0.2) is 29.9 Å². The largest absolute Gasteiger partial charge is 2.00 e. The maximum Gasteiger partial charge on any atom is 2.00 e. The van der Waals surface area contributed by atoms with Crippen LogP contribution in [-0.4, -0.2) is 66.3 Å². The summed E-state index contributed by atoms with van der Waals surface area (Å²) in [5.41, 5.74) is 21.5. The molecule has 0 radical (unpaired) electrons. The minimum atomic E-state index is 0. The van der Waals surface area contributed by atoms with E-state index >= 15 is 0 Å². The molecule has 15 aromatic rings. The van der Waals surface area contributed by atoms with Crippen molar-refractivity contribution in [3.8, 4) is 158 Å². The molecule has 0 saturated heterocycles. The van der Waals surface area contributed by atoms with Crippen LogP contribution in [-0.2, 0) is 19.5 Å². The molecular formula is C128H146N8O4Zn+2. The van der Waals surface area contributed by atoms with Crippen LogP contribution in [0.3, 0.4) is 0 Å². The summed E-state index contributed by atoms with van der Waals surface area (Å²) in [6.07, 6.45) is 48.6. The van der Waals surface area contributed by atoms with E-state index < -0.39 is 0 Å². The number of aromatic amines is 2. The summed E-state index contributed by atoms with van der Waals surface area (Å²) < 4.78 is 29.0. The maximum absolute atomic E-state index is 7.26. The average molecular weight is 1930 g/mol. The summed E-state index contributed by atoms with van der Waals surface area (Å²) in [5, 5.41) is 3.42. The monoisotopic (exact) mass is 1920 g/mol. The van der Waals surface area contributed by atoms with Crippen LogP contribution >= 0.6 is 0 Å². The Labute approximate surface area is 851 Å².